The number of hydrogen-bond acceptors (Lipinski definition) is 13. The van der Waals surface area contributed by atoms with Gasteiger partial charge in [-0.3, -0.25) is 24.6 Å². The van der Waals surface area contributed by atoms with Crippen LogP contribution in [0, 0.1) is 0 Å². The molecule has 8 N–H and O–H groups in total. The number of nitrogens with zero attached hydrogens (tertiary/aromatic N) is 4. The van der Waals surface area contributed by atoms with Crippen LogP contribution in [-0.4, -0.2) is 77.0 Å². The van der Waals surface area contributed by atoms with E-state index >= 15 is 0 Å². The Balaban J connectivity index is 1.53. The molecule has 4 rings (SSSR count). The van der Waals surface area contributed by atoms with Crippen molar-refractivity contribution in [1.29, 1.82) is 0 Å². The molecule has 1 unspecified atom stereocenters. The molecule has 0 bridgehead atoms. The molecule has 0 aliphatic carbocycles. The zero-order chi connectivity index (χ0) is 26.0. The van der Waals surface area contributed by atoms with Gasteiger partial charge in [-0.2, -0.15) is 15.1 Å². The number of rotatable bonds is 10. The lowest BCUT2D eigenvalue weighted by Crippen LogP contribution is -2.36. The van der Waals surface area contributed by atoms with Gasteiger partial charge in [0.25, 0.3) is 0 Å². The highest BCUT2D eigenvalue weighted by atomic mass is 31.2. The van der Waals surface area contributed by atoms with E-state index in [9.17, 15) is 29.9 Å². The van der Waals surface area contributed by atoms with Gasteiger partial charge in [-0.15, -0.1) is 0 Å². The standard InChI is InChI=1S/C19H24N7O9P/c1-9(18(29)30)25-36(32,35-10-5-3-2-4-6-10)33-7-11-13(27)14(28)17(34-11)26-8-21-12-15(24-31)22-19(20)23-16(12)26/h2-6,8-9,11,13-14,17,27-28,31H,7H2,1H3,(H,25,32)(H,29,30)(H3,20,22,23,24)/t9-,11+,13+,14+,17+,36?/m0/s1. The minimum Gasteiger partial charge on any atom is -0.480 e. The molecule has 1 fully saturated rings. The molecular weight excluding hydrogens is 501 g/mol. The molecule has 3 aromatic rings. The molecule has 6 atom stereocenters. The third-order valence-corrected chi connectivity index (χ3v) is 6.90. The van der Waals surface area contributed by atoms with Crippen LogP contribution in [-0.2, 0) is 18.6 Å². The molecule has 0 amide bonds. The molecule has 1 aromatic carbocycles. The summed E-state index contributed by atoms with van der Waals surface area (Å²) in [4.78, 5) is 23.2. The molecule has 3 heterocycles. The number of aliphatic carboxylic acids is 1. The van der Waals surface area contributed by atoms with E-state index in [1.807, 2.05) is 5.48 Å². The number of para-hydroxylation sites is 1. The predicted molar refractivity (Wildman–Crippen MR) is 122 cm³/mol. The van der Waals surface area contributed by atoms with Crippen LogP contribution in [0.2, 0.25) is 0 Å². The van der Waals surface area contributed by atoms with Gasteiger partial charge < -0.3 is 30.3 Å². The van der Waals surface area contributed by atoms with Crippen molar-refractivity contribution >= 4 is 36.6 Å². The number of carbonyl (C=O) groups is 1. The topological polar surface area (TPSA) is 236 Å². The Morgan fingerprint density at radius 2 is 2.00 bits per heavy atom. The van der Waals surface area contributed by atoms with Gasteiger partial charge in [-0.05, 0) is 19.1 Å². The van der Waals surface area contributed by atoms with E-state index < -0.39 is 50.9 Å². The van der Waals surface area contributed by atoms with E-state index in [4.69, 9.17) is 19.5 Å². The van der Waals surface area contributed by atoms with E-state index in [1.165, 1.54) is 30.0 Å². The van der Waals surface area contributed by atoms with Crippen molar-refractivity contribution in [1.82, 2.24) is 24.6 Å². The van der Waals surface area contributed by atoms with Crippen LogP contribution in [0.25, 0.3) is 11.2 Å². The summed E-state index contributed by atoms with van der Waals surface area (Å²) in [6, 6.07) is 6.63. The third-order valence-electron chi connectivity index (χ3n) is 5.26. The second kappa shape index (κ2) is 10.3. The minimum atomic E-state index is -4.28. The average molecular weight is 525 g/mol. The largest absolute Gasteiger partial charge is 0.480 e. The maximum atomic E-state index is 13.3. The summed E-state index contributed by atoms with van der Waals surface area (Å²) in [5.74, 6) is -1.44. The molecule has 36 heavy (non-hydrogen) atoms. The van der Waals surface area contributed by atoms with Gasteiger partial charge in [0.05, 0.1) is 12.9 Å². The molecule has 2 aromatic heterocycles. The number of carboxylic acid groups (broad SMARTS) is 1. The van der Waals surface area contributed by atoms with Gasteiger partial charge in [0, 0.05) is 0 Å². The van der Waals surface area contributed by atoms with Gasteiger partial charge in [-0.1, -0.05) is 18.2 Å². The number of aliphatic hydroxyl groups is 2. The van der Waals surface area contributed by atoms with E-state index in [0.717, 1.165) is 0 Å². The molecule has 17 heteroatoms. The van der Waals surface area contributed by atoms with Crippen LogP contribution in [0.5, 0.6) is 5.75 Å². The van der Waals surface area contributed by atoms with Gasteiger partial charge in [0.2, 0.25) is 5.95 Å². The third kappa shape index (κ3) is 5.24. The van der Waals surface area contributed by atoms with E-state index in [0.29, 0.717) is 0 Å². The summed E-state index contributed by atoms with van der Waals surface area (Å²) in [6.45, 7) is 0.700. The maximum Gasteiger partial charge on any atom is 0.459 e. The first-order valence-electron chi connectivity index (χ1n) is 10.5. The summed E-state index contributed by atoms with van der Waals surface area (Å²) in [5.41, 5.74) is 7.71. The number of benzene rings is 1. The van der Waals surface area contributed by atoms with Gasteiger partial charge >= 0.3 is 13.7 Å². The summed E-state index contributed by atoms with van der Waals surface area (Å²) in [5, 5.41) is 42.0. The molecule has 0 spiro atoms. The first kappa shape index (κ1) is 25.7. The smallest absolute Gasteiger partial charge is 0.459 e. The van der Waals surface area contributed by atoms with Crippen molar-refractivity contribution in [2.75, 3.05) is 17.8 Å². The number of nitrogen functional groups attached to an aromatic ring is 1. The zero-order valence-electron chi connectivity index (χ0n) is 18.7. The highest BCUT2D eigenvalue weighted by Gasteiger charge is 2.46. The number of aromatic nitrogens is 4. The van der Waals surface area contributed by atoms with Gasteiger partial charge in [0.1, 0.15) is 30.1 Å². The summed E-state index contributed by atoms with van der Waals surface area (Å²) < 4.78 is 31.2. The van der Waals surface area contributed by atoms with Crippen LogP contribution < -0.4 is 20.8 Å². The lowest BCUT2D eigenvalue weighted by atomic mass is 10.1. The Morgan fingerprint density at radius 3 is 2.67 bits per heavy atom. The first-order valence-corrected chi connectivity index (χ1v) is 12.1. The van der Waals surface area contributed by atoms with Crippen molar-refractivity contribution in [2.45, 2.75) is 37.5 Å². The molecule has 0 radical (unpaired) electrons. The Morgan fingerprint density at radius 1 is 1.28 bits per heavy atom. The Hall–Kier alpha value is -3.37. The van der Waals surface area contributed by atoms with Crippen molar-refractivity contribution in [3.05, 3.63) is 36.7 Å². The molecule has 0 saturated carbocycles. The molecule has 1 aliphatic rings. The quantitative estimate of drug-likeness (QED) is 0.137. The SMILES string of the molecule is C[C@H](NP(=O)(OC[C@H]1O[C@@H](n2cnc3c(NO)nc(N)nc32)[C@H](O)[C@@H]1O)Oc1ccccc1)C(=O)O. The number of nitrogens with one attached hydrogen (secondary N) is 2. The summed E-state index contributed by atoms with van der Waals surface area (Å²) in [7, 11) is -4.28. The van der Waals surface area contributed by atoms with E-state index in [2.05, 4.69) is 20.0 Å². The number of fused-ring (bicyclic) bond motifs is 1. The molecular formula is C19H24N7O9P. The van der Waals surface area contributed by atoms with Crippen LogP contribution >= 0.6 is 7.75 Å². The van der Waals surface area contributed by atoms with E-state index in [1.54, 1.807) is 18.2 Å². The normalized spacial score (nSPS) is 24.3. The molecule has 194 valence electrons. The highest BCUT2D eigenvalue weighted by Crippen LogP contribution is 2.46. The van der Waals surface area contributed by atoms with Crippen LogP contribution in [0.3, 0.4) is 0 Å². The number of ether oxygens (including phenoxy) is 1. The molecule has 1 saturated heterocycles. The van der Waals surface area contributed by atoms with Crippen molar-refractivity contribution in [3.63, 3.8) is 0 Å². The molecule has 16 nitrogen and oxygen atoms in total. The minimum absolute atomic E-state index is 0.0817. The molecule has 1 aliphatic heterocycles. The number of carboxylic acids is 1. The summed E-state index contributed by atoms with van der Waals surface area (Å²) in [6.07, 6.45) is -4.21. The maximum absolute atomic E-state index is 13.3. The number of nitrogens with two attached hydrogens (primary N) is 1. The second-order valence-corrected chi connectivity index (χ2v) is 9.49. The van der Waals surface area contributed by atoms with Crippen molar-refractivity contribution in [3.8, 4) is 5.75 Å². The number of hydrogen-bond donors (Lipinski definition) is 7. The van der Waals surface area contributed by atoms with Crippen molar-refractivity contribution in [2.24, 2.45) is 0 Å². The lowest BCUT2D eigenvalue weighted by Gasteiger charge is -2.24. The number of imidazole rings is 1. The second-order valence-electron chi connectivity index (χ2n) is 7.80. The monoisotopic (exact) mass is 525 g/mol. The number of anilines is 2. The Bertz CT molecular complexity index is 1280. The van der Waals surface area contributed by atoms with Gasteiger partial charge in [0.15, 0.2) is 23.2 Å². The lowest BCUT2D eigenvalue weighted by molar-refractivity contribution is -0.138. The Kier molecular flexibility index (Phi) is 7.37. The predicted octanol–water partition coefficient (Wildman–Crippen LogP) is 0.0952. The van der Waals surface area contributed by atoms with Crippen molar-refractivity contribution < 1.29 is 43.7 Å². The number of aliphatic hydroxyl groups excluding tert-OH is 2. The van der Waals surface area contributed by atoms with Crippen LogP contribution in [0.1, 0.15) is 13.2 Å². The first-order chi connectivity index (χ1) is 17.1. The fourth-order valence-electron chi connectivity index (χ4n) is 3.47. The fourth-order valence-corrected chi connectivity index (χ4v) is 4.98. The fraction of sp³-hybridized carbons (Fsp3) is 0.368. The van der Waals surface area contributed by atoms with Gasteiger partial charge in [-0.25, -0.2) is 9.55 Å². The van der Waals surface area contributed by atoms with Crippen LogP contribution in [0.4, 0.5) is 11.8 Å². The van der Waals surface area contributed by atoms with Crippen LogP contribution in [0.15, 0.2) is 36.7 Å². The van der Waals surface area contributed by atoms with E-state index in [-0.39, 0.29) is 28.7 Å². The highest BCUT2D eigenvalue weighted by molar-refractivity contribution is 7.52. The zero-order valence-corrected chi connectivity index (χ0v) is 19.6. The average Bonchev–Trinajstić information content (AvgIpc) is 3.38. The Labute approximate surface area is 203 Å². The summed E-state index contributed by atoms with van der Waals surface area (Å²) >= 11 is 0.